The molecule has 3 aliphatic heterocycles. The highest BCUT2D eigenvalue weighted by Crippen LogP contribution is 2.40. The standard InChI is InChI=1S/C31H30N2O10/c1-4-31(38)22-11-24-28-19(12-33(24)29(36)21(22)14-41-30(31)37)20(18-7-5-6-8-23(18)32-28)13-40-27-10-9-25(42-17(3)35)26(43-27)15-39-16(2)34/h5-11,25-27,38H,4,12-15H2,1-3H3/t25-,26+,27-,31-/m0/s1. The summed E-state index contributed by atoms with van der Waals surface area (Å²) in [5.41, 5.74) is 1.47. The number of pyridine rings is 2. The van der Waals surface area contributed by atoms with E-state index in [2.05, 4.69) is 0 Å². The van der Waals surface area contributed by atoms with Gasteiger partial charge in [-0.1, -0.05) is 25.1 Å². The van der Waals surface area contributed by atoms with Crippen LogP contribution < -0.4 is 5.56 Å². The predicted molar refractivity (Wildman–Crippen MR) is 149 cm³/mol. The Morgan fingerprint density at radius 3 is 2.67 bits per heavy atom. The summed E-state index contributed by atoms with van der Waals surface area (Å²) in [6, 6.07) is 9.18. The van der Waals surface area contributed by atoms with Gasteiger partial charge in [-0.05, 0) is 36.3 Å². The summed E-state index contributed by atoms with van der Waals surface area (Å²) in [5.74, 6) is -1.79. The lowest BCUT2D eigenvalue weighted by Crippen LogP contribution is -2.44. The number of esters is 3. The Balaban J connectivity index is 1.36. The van der Waals surface area contributed by atoms with Crippen LogP contribution in [0.1, 0.15) is 49.4 Å². The van der Waals surface area contributed by atoms with Gasteiger partial charge < -0.3 is 33.4 Å². The summed E-state index contributed by atoms with van der Waals surface area (Å²) in [4.78, 5) is 54.0. The number of carbonyl (C=O) groups is 3. The van der Waals surface area contributed by atoms with E-state index in [1.54, 1.807) is 29.7 Å². The summed E-state index contributed by atoms with van der Waals surface area (Å²) in [6.45, 7) is 4.13. The molecule has 0 amide bonds. The second-order valence-corrected chi connectivity index (χ2v) is 10.7. The van der Waals surface area contributed by atoms with Gasteiger partial charge in [-0.25, -0.2) is 9.78 Å². The van der Waals surface area contributed by atoms with E-state index >= 15 is 0 Å². The molecule has 224 valence electrons. The van der Waals surface area contributed by atoms with Crippen molar-refractivity contribution in [3.05, 3.63) is 75.1 Å². The molecule has 0 bridgehead atoms. The third-order valence-corrected chi connectivity index (χ3v) is 7.99. The number of nitrogens with zero attached hydrogens (tertiary/aromatic N) is 2. The van der Waals surface area contributed by atoms with Crippen LogP contribution in [0.4, 0.5) is 0 Å². The number of carbonyl (C=O) groups excluding carboxylic acids is 3. The molecule has 0 aliphatic carbocycles. The third kappa shape index (κ3) is 5.01. The van der Waals surface area contributed by atoms with E-state index < -0.39 is 42.0 Å². The first-order valence-corrected chi connectivity index (χ1v) is 13.9. The third-order valence-electron chi connectivity index (χ3n) is 7.99. The Morgan fingerprint density at radius 2 is 1.93 bits per heavy atom. The minimum atomic E-state index is -1.93. The van der Waals surface area contributed by atoms with Crippen molar-refractivity contribution in [2.75, 3.05) is 6.61 Å². The lowest BCUT2D eigenvalue weighted by molar-refractivity contribution is -0.200. The van der Waals surface area contributed by atoms with Crippen LogP contribution >= 0.6 is 0 Å². The summed E-state index contributed by atoms with van der Waals surface area (Å²) < 4.78 is 29.3. The second kappa shape index (κ2) is 11.0. The largest absolute Gasteiger partial charge is 0.463 e. The van der Waals surface area contributed by atoms with Crippen LogP contribution in [0.15, 0.2) is 47.3 Å². The van der Waals surface area contributed by atoms with Crippen molar-refractivity contribution < 1.29 is 43.2 Å². The minimum Gasteiger partial charge on any atom is -0.463 e. The Hall–Kier alpha value is -4.39. The van der Waals surface area contributed by atoms with E-state index in [0.29, 0.717) is 16.9 Å². The number of hydrogen-bond donors (Lipinski definition) is 1. The fourth-order valence-electron chi connectivity index (χ4n) is 5.80. The van der Waals surface area contributed by atoms with Gasteiger partial charge in [-0.3, -0.25) is 14.4 Å². The molecule has 1 aromatic carbocycles. The average Bonchev–Trinajstić information content (AvgIpc) is 3.35. The highest BCUT2D eigenvalue weighted by Gasteiger charge is 2.45. The summed E-state index contributed by atoms with van der Waals surface area (Å²) in [6.07, 6.45) is 0.919. The zero-order valence-electron chi connectivity index (χ0n) is 23.8. The van der Waals surface area contributed by atoms with Gasteiger partial charge in [0.15, 0.2) is 11.9 Å². The highest BCUT2D eigenvalue weighted by molar-refractivity contribution is 5.89. The fourth-order valence-corrected chi connectivity index (χ4v) is 5.80. The van der Waals surface area contributed by atoms with E-state index in [9.17, 15) is 24.3 Å². The zero-order valence-corrected chi connectivity index (χ0v) is 23.8. The molecule has 0 spiro atoms. The molecule has 3 aliphatic rings. The lowest BCUT2D eigenvalue weighted by atomic mass is 9.86. The van der Waals surface area contributed by atoms with Gasteiger partial charge in [-0.2, -0.15) is 0 Å². The van der Waals surface area contributed by atoms with Gasteiger partial charge in [-0.15, -0.1) is 0 Å². The van der Waals surface area contributed by atoms with Crippen molar-refractivity contribution in [2.45, 2.75) is 71.0 Å². The van der Waals surface area contributed by atoms with Gasteiger partial charge >= 0.3 is 17.9 Å². The molecule has 6 rings (SSSR count). The van der Waals surface area contributed by atoms with Gasteiger partial charge in [0.1, 0.15) is 25.4 Å². The van der Waals surface area contributed by atoms with Gasteiger partial charge in [0.05, 0.1) is 35.6 Å². The number of benzene rings is 1. The number of rotatable bonds is 7. The molecular formula is C31H30N2O10. The number of cyclic esters (lactones) is 1. The number of ether oxygens (including phenoxy) is 5. The molecule has 5 heterocycles. The van der Waals surface area contributed by atoms with Crippen molar-refractivity contribution in [3.63, 3.8) is 0 Å². The van der Waals surface area contributed by atoms with Gasteiger partial charge in [0, 0.05) is 30.4 Å². The predicted octanol–water partition coefficient (Wildman–Crippen LogP) is 2.37. The molecule has 1 N–H and O–H groups in total. The molecule has 4 atom stereocenters. The number of hydrogen-bond acceptors (Lipinski definition) is 11. The second-order valence-electron chi connectivity index (χ2n) is 10.7. The molecular weight excluding hydrogens is 560 g/mol. The summed E-state index contributed by atoms with van der Waals surface area (Å²) in [5, 5.41) is 12.0. The van der Waals surface area contributed by atoms with E-state index in [1.807, 2.05) is 24.3 Å². The summed E-state index contributed by atoms with van der Waals surface area (Å²) >= 11 is 0. The SMILES string of the molecule is CC[C@@]1(O)C(=O)OCc2c1cc1n(c2=O)Cc2c-1nc1ccccc1c2CO[C@@H]1C=C[C@H](OC(C)=O)[C@@H](COC(C)=O)O1. The molecule has 3 aromatic rings. The highest BCUT2D eigenvalue weighted by atomic mass is 16.7. The average molecular weight is 591 g/mol. The fraction of sp³-hybridized carbons (Fsp3) is 0.387. The van der Waals surface area contributed by atoms with Crippen molar-refractivity contribution in [1.29, 1.82) is 0 Å². The minimum absolute atomic E-state index is 0.0461. The first-order valence-electron chi connectivity index (χ1n) is 13.9. The van der Waals surface area contributed by atoms with E-state index in [4.69, 9.17) is 28.7 Å². The Morgan fingerprint density at radius 1 is 1.14 bits per heavy atom. The number of aliphatic hydroxyl groups is 1. The Kier molecular flexibility index (Phi) is 7.36. The van der Waals surface area contributed by atoms with Crippen LogP contribution in [-0.4, -0.2) is 57.7 Å². The topological polar surface area (TPSA) is 152 Å². The zero-order chi connectivity index (χ0) is 30.5. The van der Waals surface area contributed by atoms with Crippen molar-refractivity contribution >= 4 is 28.8 Å². The number of fused-ring (bicyclic) bond motifs is 5. The number of para-hydroxylation sites is 1. The monoisotopic (exact) mass is 590 g/mol. The van der Waals surface area contributed by atoms with Crippen LogP contribution in [0.5, 0.6) is 0 Å². The molecule has 12 heteroatoms. The maximum absolute atomic E-state index is 13.6. The smallest absolute Gasteiger partial charge is 0.343 e. The van der Waals surface area contributed by atoms with Gasteiger partial charge in [0.2, 0.25) is 0 Å². The van der Waals surface area contributed by atoms with Crippen molar-refractivity contribution in [2.24, 2.45) is 0 Å². The molecule has 12 nitrogen and oxygen atoms in total. The lowest BCUT2D eigenvalue weighted by Gasteiger charge is -2.31. The van der Waals surface area contributed by atoms with E-state index in [0.717, 1.165) is 16.5 Å². The molecule has 0 radical (unpaired) electrons. The van der Waals surface area contributed by atoms with Crippen LogP contribution in [-0.2, 0) is 63.4 Å². The molecule has 43 heavy (non-hydrogen) atoms. The van der Waals surface area contributed by atoms with Crippen molar-refractivity contribution in [1.82, 2.24) is 9.55 Å². The molecule has 2 aromatic heterocycles. The van der Waals surface area contributed by atoms with Crippen LogP contribution in [0.3, 0.4) is 0 Å². The Bertz CT molecular complexity index is 1740. The van der Waals surface area contributed by atoms with E-state index in [-0.39, 0.29) is 49.5 Å². The van der Waals surface area contributed by atoms with Crippen molar-refractivity contribution in [3.8, 4) is 11.4 Å². The van der Waals surface area contributed by atoms with Crippen LogP contribution in [0, 0.1) is 0 Å². The molecule has 0 fully saturated rings. The van der Waals surface area contributed by atoms with Crippen LogP contribution in [0.2, 0.25) is 0 Å². The van der Waals surface area contributed by atoms with Crippen LogP contribution in [0.25, 0.3) is 22.3 Å². The quantitative estimate of drug-likeness (QED) is 0.192. The first-order chi connectivity index (χ1) is 20.6. The molecule has 0 saturated heterocycles. The maximum atomic E-state index is 13.6. The Labute approximate surface area is 245 Å². The number of aromatic nitrogens is 2. The first kappa shape index (κ1) is 28.7. The molecule has 0 saturated carbocycles. The summed E-state index contributed by atoms with van der Waals surface area (Å²) in [7, 11) is 0. The van der Waals surface area contributed by atoms with E-state index in [1.165, 1.54) is 13.8 Å². The van der Waals surface area contributed by atoms with Gasteiger partial charge in [0.25, 0.3) is 5.56 Å². The normalized spacial score (nSPS) is 23.7. The maximum Gasteiger partial charge on any atom is 0.343 e. The molecule has 0 unspecified atom stereocenters.